The second-order valence-electron chi connectivity index (χ2n) is 7.70. The Balaban J connectivity index is 1.39. The fourth-order valence-electron chi connectivity index (χ4n) is 3.94. The van der Waals surface area contributed by atoms with Crippen molar-refractivity contribution in [1.29, 1.82) is 0 Å². The summed E-state index contributed by atoms with van der Waals surface area (Å²) in [6.45, 7) is 0.501. The number of aromatic nitrogens is 5. The summed E-state index contributed by atoms with van der Waals surface area (Å²) in [6.07, 6.45) is 6.33. The molecule has 1 aliphatic heterocycles. The lowest BCUT2D eigenvalue weighted by molar-refractivity contribution is 0.0647. The third kappa shape index (κ3) is 2.90. The van der Waals surface area contributed by atoms with Crippen LogP contribution in [0.4, 0.5) is 6.01 Å². The summed E-state index contributed by atoms with van der Waals surface area (Å²) in [5.74, 6) is -0.345. The van der Waals surface area contributed by atoms with Gasteiger partial charge in [-0.15, -0.1) is 5.10 Å². The monoisotopic (exact) mass is 401 g/mol. The van der Waals surface area contributed by atoms with E-state index in [0.29, 0.717) is 25.0 Å². The number of carbonyl (C=O) groups excluding carboxylic acids is 1. The Bertz CT molecular complexity index is 1240. The van der Waals surface area contributed by atoms with Crippen LogP contribution in [0.2, 0.25) is 0 Å². The van der Waals surface area contributed by atoms with Crippen molar-refractivity contribution in [1.82, 2.24) is 30.0 Å². The molecule has 9 nitrogen and oxygen atoms in total. The summed E-state index contributed by atoms with van der Waals surface area (Å²) in [4.78, 5) is 27.4. The summed E-state index contributed by atoms with van der Waals surface area (Å²) in [5, 5.41) is 13.2. The van der Waals surface area contributed by atoms with Gasteiger partial charge in [0.25, 0.3) is 0 Å². The number of nitrogens with zero attached hydrogens (tertiary/aromatic N) is 5. The van der Waals surface area contributed by atoms with E-state index in [2.05, 4.69) is 30.5 Å². The molecule has 9 heteroatoms. The van der Waals surface area contributed by atoms with E-state index in [1.165, 1.54) is 0 Å². The number of fused-ring (bicyclic) bond motifs is 2. The number of nitrogens with one attached hydrogen (secondary N) is 2. The fourth-order valence-corrected chi connectivity index (χ4v) is 3.94. The highest BCUT2D eigenvalue weighted by Gasteiger charge is 2.37. The summed E-state index contributed by atoms with van der Waals surface area (Å²) in [6, 6.07) is 10.3. The van der Waals surface area contributed by atoms with Gasteiger partial charge in [-0.25, -0.2) is 4.98 Å². The first kappa shape index (κ1) is 17.1. The van der Waals surface area contributed by atoms with Crippen LogP contribution in [-0.2, 0) is 6.42 Å². The molecule has 0 saturated heterocycles. The number of anilines is 1. The Labute approximate surface area is 171 Å². The van der Waals surface area contributed by atoms with E-state index in [0.717, 1.165) is 40.7 Å². The van der Waals surface area contributed by atoms with Gasteiger partial charge in [0.05, 0.1) is 17.7 Å². The Morgan fingerprint density at radius 3 is 2.90 bits per heavy atom. The minimum atomic E-state index is -0.427. The molecule has 1 fully saturated rings. The van der Waals surface area contributed by atoms with Gasteiger partial charge >= 0.3 is 17.8 Å². The quantitative estimate of drug-likeness (QED) is 0.540. The molecule has 1 aromatic carbocycles. The predicted octanol–water partition coefficient (Wildman–Crippen LogP) is 2.70. The number of carbonyl (C=O) groups is 1. The molecule has 1 aliphatic carbocycles. The number of imidazole rings is 1. The van der Waals surface area contributed by atoms with E-state index >= 15 is 0 Å². The van der Waals surface area contributed by atoms with Gasteiger partial charge in [0.1, 0.15) is 6.04 Å². The lowest BCUT2D eigenvalue weighted by Crippen LogP contribution is -2.41. The van der Waals surface area contributed by atoms with Crippen LogP contribution in [0.15, 0.2) is 47.3 Å². The van der Waals surface area contributed by atoms with Gasteiger partial charge in [-0.1, -0.05) is 29.4 Å². The van der Waals surface area contributed by atoms with Crippen molar-refractivity contribution in [3.8, 4) is 0 Å². The normalized spacial score (nSPS) is 18.4. The van der Waals surface area contributed by atoms with Crippen LogP contribution in [0.3, 0.4) is 0 Å². The molecule has 150 valence electrons. The smallest absolute Gasteiger partial charge is 0.316 e. The van der Waals surface area contributed by atoms with Gasteiger partial charge in [0, 0.05) is 36.3 Å². The number of rotatable bonds is 4. The zero-order valence-electron chi connectivity index (χ0n) is 16.1. The summed E-state index contributed by atoms with van der Waals surface area (Å²) >= 11 is 0. The number of pyridine rings is 1. The number of amides is 1. The molecule has 1 saturated carbocycles. The molecule has 4 heterocycles. The second kappa shape index (κ2) is 6.65. The Hall–Kier alpha value is -3.75. The van der Waals surface area contributed by atoms with E-state index in [1.807, 2.05) is 36.5 Å². The zero-order valence-corrected chi connectivity index (χ0v) is 16.1. The summed E-state index contributed by atoms with van der Waals surface area (Å²) in [5.41, 5.74) is 2.57. The first-order valence-corrected chi connectivity index (χ1v) is 10.0. The lowest BCUT2D eigenvalue weighted by atomic mass is 9.98. The molecular weight excluding hydrogens is 382 g/mol. The van der Waals surface area contributed by atoms with Crippen molar-refractivity contribution < 1.29 is 9.21 Å². The Morgan fingerprint density at radius 2 is 2.03 bits per heavy atom. The molecular formula is C21H19N7O2. The molecule has 0 bridgehead atoms. The van der Waals surface area contributed by atoms with Crippen molar-refractivity contribution >= 4 is 22.7 Å². The van der Waals surface area contributed by atoms with Gasteiger partial charge < -0.3 is 19.6 Å². The highest BCUT2D eigenvalue weighted by molar-refractivity contribution is 5.90. The van der Waals surface area contributed by atoms with Gasteiger partial charge in [-0.2, -0.15) is 0 Å². The van der Waals surface area contributed by atoms with Crippen LogP contribution in [0.1, 0.15) is 46.7 Å². The highest BCUT2D eigenvalue weighted by Crippen LogP contribution is 2.34. The first-order valence-electron chi connectivity index (χ1n) is 10.0. The van der Waals surface area contributed by atoms with E-state index in [9.17, 15) is 4.79 Å². The molecule has 6 rings (SSSR count). The second-order valence-corrected chi connectivity index (χ2v) is 7.70. The third-order valence-electron chi connectivity index (χ3n) is 5.63. The lowest BCUT2D eigenvalue weighted by Gasteiger charge is -2.33. The van der Waals surface area contributed by atoms with Gasteiger partial charge in [-0.05, 0) is 24.3 Å². The molecule has 1 amide bonds. The highest BCUT2D eigenvalue weighted by atomic mass is 16.4. The van der Waals surface area contributed by atoms with Crippen LogP contribution >= 0.6 is 0 Å². The van der Waals surface area contributed by atoms with E-state index in [-0.39, 0.29) is 11.8 Å². The van der Waals surface area contributed by atoms with Crippen molar-refractivity contribution in [2.75, 3.05) is 11.9 Å². The molecule has 0 unspecified atom stereocenters. The summed E-state index contributed by atoms with van der Waals surface area (Å²) in [7, 11) is 0. The molecule has 2 aliphatic rings. The van der Waals surface area contributed by atoms with Crippen molar-refractivity contribution in [2.24, 2.45) is 0 Å². The molecule has 0 radical (unpaired) electrons. The van der Waals surface area contributed by atoms with Crippen LogP contribution in [0, 0.1) is 0 Å². The Morgan fingerprint density at radius 1 is 1.17 bits per heavy atom. The maximum Gasteiger partial charge on any atom is 0.316 e. The minimum Gasteiger partial charge on any atom is -0.399 e. The number of aromatic amines is 1. The van der Waals surface area contributed by atoms with Gasteiger partial charge in [0.2, 0.25) is 0 Å². The molecule has 4 aromatic rings. The number of H-pyrrole nitrogens is 1. The van der Waals surface area contributed by atoms with Crippen LogP contribution in [0.25, 0.3) is 10.8 Å². The first-order chi connectivity index (χ1) is 14.8. The van der Waals surface area contributed by atoms with E-state index in [1.54, 1.807) is 11.2 Å². The predicted molar refractivity (Wildman–Crippen MR) is 108 cm³/mol. The molecule has 0 spiro atoms. The molecule has 30 heavy (non-hydrogen) atoms. The average Bonchev–Trinajstić information content (AvgIpc) is 3.25. The minimum absolute atomic E-state index is 0.0251. The Kier molecular flexibility index (Phi) is 3.80. The zero-order chi connectivity index (χ0) is 20.1. The van der Waals surface area contributed by atoms with Gasteiger partial charge in [0.15, 0.2) is 0 Å². The SMILES string of the molecule is O=C(c1nnc(NC2CC2)o1)N1CCc2[nH]cnc2[C@H]1c1cc2ccccc2cn1. The fraction of sp³-hybridized carbons (Fsp3) is 0.286. The largest absolute Gasteiger partial charge is 0.399 e. The maximum absolute atomic E-state index is 13.3. The summed E-state index contributed by atoms with van der Waals surface area (Å²) < 4.78 is 5.60. The molecule has 1 atom stereocenters. The maximum atomic E-state index is 13.3. The van der Waals surface area contributed by atoms with Crippen molar-refractivity contribution in [3.63, 3.8) is 0 Å². The van der Waals surface area contributed by atoms with Crippen LogP contribution < -0.4 is 5.32 Å². The van der Waals surface area contributed by atoms with Crippen LogP contribution in [-0.4, -0.2) is 48.5 Å². The standard InChI is InChI=1S/C21H19N7O2/c29-20(19-26-27-21(30-19)25-14-5-6-14)28-8-7-15-17(24-11-23-15)18(28)16-9-12-3-1-2-4-13(12)10-22-16/h1-4,9-11,14,18H,5-8H2,(H,23,24)(H,25,27)/t18-/m1/s1. The average molecular weight is 401 g/mol. The molecule has 2 N–H and O–H groups in total. The van der Waals surface area contributed by atoms with Gasteiger partial charge in [-0.3, -0.25) is 9.78 Å². The third-order valence-corrected chi connectivity index (χ3v) is 5.63. The molecule has 3 aromatic heterocycles. The van der Waals surface area contributed by atoms with Crippen LogP contribution in [0.5, 0.6) is 0 Å². The van der Waals surface area contributed by atoms with Crippen molar-refractivity contribution in [3.05, 3.63) is 65.8 Å². The number of benzene rings is 1. The van der Waals surface area contributed by atoms with E-state index in [4.69, 9.17) is 4.42 Å². The van der Waals surface area contributed by atoms with Crippen molar-refractivity contribution in [2.45, 2.75) is 31.3 Å². The topological polar surface area (TPSA) is 113 Å². The number of hydrogen-bond acceptors (Lipinski definition) is 7. The van der Waals surface area contributed by atoms with E-state index < -0.39 is 6.04 Å². The number of hydrogen-bond donors (Lipinski definition) is 2.